The number of nitrogens with one attached hydrogen (secondary N) is 1. The quantitative estimate of drug-likeness (QED) is 0.325. The maximum absolute atomic E-state index is 8.73. The van der Waals surface area contributed by atoms with Gasteiger partial charge < -0.3 is 16.3 Å². The van der Waals surface area contributed by atoms with E-state index in [9.17, 15) is 0 Å². The molecular formula is C14H22BrN3O. The van der Waals surface area contributed by atoms with E-state index >= 15 is 0 Å². The summed E-state index contributed by atoms with van der Waals surface area (Å²) in [7, 11) is 0. The van der Waals surface area contributed by atoms with Crippen LogP contribution < -0.4 is 11.1 Å². The van der Waals surface area contributed by atoms with Crippen LogP contribution in [0.2, 0.25) is 0 Å². The van der Waals surface area contributed by atoms with E-state index in [0.717, 1.165) is 17.4 Å². The van der Waals surface area contributed by atoms with E-state index in [-0.39, 0.29) is 17.3 Å². The Morgan fingerprint density at radius 2 is 2.11 bits per heavy atom. The molecule has 0 heterocycles. The Kier molecular flexibility index (Phi) is 5.82. The molecule has 4 nitrogen and oxygen atoms in total. The third-order valence-corrected chi connectivity index (χ3v) is 4.10. The standard InChI is InChI=1S/C14H22BrN3O/c1-10(11-6-4-5-7-12(11)15)17-9-8-14(2,3)13(16)18-19/h4-7,10,17,19H,8-9H2,1-3H3,(H2,16,18)/t10-/m1/s1. The molecule has 0 saturated carbocycles. The van der Waals surface area contributed by atoms with Crippen LogP contribution in [0.4, 0.5) is 0 Å². The van der Waals surface area contributed by atoms with E-state index in [1.165, 1.54) is 5.56 Å². The van der Waals surface area contributed by atoms with E-state index < -0.39 is 0 Å². The molecule has 1 aromatic rings. The minimum absolute atomic E-state index is 0.249. The molecule has 0 aliphatic carbocycles. The Labute approximate surface area is 123 Å². The minimum Gasteiger partial charge on any atom is -0.409 e. The van der Waals surface area contributed by atoms with E-state index in [2.05, 4.69) is 39.4 Å². The number of benzene rings is 1. The molecule has 1 aromatic carbocycles. The Balaban J connectivity index is 2.52. The van der Waals surface area contributed by atoms with Gasteiger partial charge in [0.1, 0.15) is 5.84 Å². The Morgan fingerprint density at radius 3 is 2.68 bits per heavy atom. The zero-order valence-electron chi connectivity index (χ0n) is 11.7. The SMILES string of the molecule is C[C@@H](NCCC(C)(C)/C(N)=N/O)c1ccccc1Br. The van der Waals surface area contributed by atoms with Crippen molar-refractivity contribution in [1.29, 1.82) is 0 Å². The van der Waals surface area contributed by atoms with Crippen molar-refractivity contribution >= 4 is 21.8 Å². The molecular weight excluding hydrogens is 306 g/mol. The molecule has 0 spiro atoms. The Morgan fingerprint density at radius 1 is 1.47 bits per heavy atom. The summed E-state index contributed by atoms with van der Waals surface area (Å²) in [4.78, 5) is 0. The summed E-state index contributed by atoms with van der Waals surface area (Å²) in [5, 5.41) is 15.3. The summed E-state index contributed by atoms with van der Waals surface area (Å²) in [5.41, 5.74) is 6.58. The summed E-state index contributed by atoms with van der Waals surface area (Å²) in [6.07, 6.45) is 0.803. The number of halogens is 1. The van der Waals surface area contributed by atoms with Gasteiger partial charge in [0, 0.05) is 15.9 Å². The maximum Gasteiger partial charge on any atom is 0.144 e. The van der Waals surface area contributed by atoms with Crippen LogP contribution in [0.25, 0.3) is 0 Å². The van der Waals surface area contributed by atoms with Gasteiger partial charge in [-0.15, -0.1) is 0 Å². The van der Waals surface area contributed by atoms with Gasteiger partial charge in [0.15, 0.2) is 0 Å². The first kappa shape index (κ1) is 16.0. The third-order valence-electron chi connectivity index (χ3n) is 3.37. The van der Waals surface area contributed by atoms with Crippen molar-refractivity contribution in [2.75, 3.05) is 6.54 Å². The Bertz CT molecular complexity index is 446. The molecule has 0 aromatic heterocycles. The second kappa shape index (κ2) is 6.91. The zero-order chi connectivity index (χ0) is 14.5. The smallest absolute Gasteiger partial charge is 0.144 e. The lowest BCUT2D eigenvalue weighted by Crippen LogP contribution is -2.35. The molecule has 19 heavy (non-hydrogen) atoms. The van der Waals surface area contributed by atoms with E-state index in [4.69, 9.17) is 10.9 Å². The highest BCUT2D eigenvalue weighted by atomic mass is 79.9. The second-order valence-electron chi connectivity index (χ2n) is 5.32. The summed E-state index contributed by atoms with van der Waals surface area (Å²) in [6, 6.07) is 8.41. The van der Waals surface area contributed by atoms with E-state index in [1.807, 2.05) is 32.0 Å². The highest BCUT2D eigenvalue weighted by Gasteiger charge is 2.23. The van der Waals surface area contributed by atoms with Crippen LogP contribution in [0.3, 0.4) is 0 Å². The van der Waals surface area contributed by atoms with Crippen molar-refractivity contribution in [1.82, 2.24) is 5.32 Å². The zero-order valence-corrected chi connectivity index (χ0v) is 13.2. The topological polar surface area (TPSA) is 70.6 Å². The van der Waals surface area contributed by atoms with Gasteiger partial charge >= 0.3 is 0 Å². The van der Waals surface area contributed by atoms with Crippen LogP contribution in [0.15, 0.2) is 33.9 Å². The molecule has 0 amide bonds. The van der Waals surface area contributed by atoms with Crippen LogP contribution in [-0.4, -0.2) is 17.6 Å². The summed E-state index contributed by atoms with van der Waals surface area (Å²) in [6.45, 7) is 6.85. The molecule has 0 aliphatic heterocycles. The van der Waals surface area contributed by atoms with Crippen molar-refractivity contribution in [2.24, 2.45) is 16.3 Å². The number of nitrogens with two attached hydrogens (primary N) is 1. The summed E-state index contributed by atoms with van der Waals surface area (Å²) >= 11 is 3.55. The van der Waals surface area contributed by atoms with Crippen molar-refractivity contribution in [3.05, 3.63) is 34.3 Å². The number of nitrogens with zero attached hydrogens (tertiary/aromatic N) is 1. The van der Waals surface area contributed by atoms with Crippen LogP contribution in [0.1, 0.15) is 38.8 Å². The van der Waals surface area contributed by atoms with Crippen molar-refractivity contribution < 1.29 is 5.21 Å². The molecule has 0 saturated heterocycles. The van der Waals surface area contributed by atoms with Gasteiger partial charge in [-0.3, -0.25) is 0 Å². The number of hydrogen-bond acceptors (Lipinski definition) is 3. The molecule has 4 N–H and O–H groups in total. The normalized spacial score (nSPS) is 14.4. The molecule has 5 heteroatoms. The molecule has 0 aliphatic rings. The monoisotopic (exact) mass is 327 g/mol. The summed E-state index contributed by atoms with van der Waals surface area (Å²) in [5.74, 6) is 0.267. The van der Waals surface area contributed by atoms with Crippen LogP contribution in [0.5, 0.6) is 0 Å². The molecule has 0 unspecified atom stereocenters. The predicted octanol–water partition coefficient (Wildman–Crippen LogP) is 3.26. The van der Waals surface area contributed by atoms with E-state index in [1.54, 1.807) is 0 Å². The number of hydrogen-bond donors (Lipinski definition) is 3. The largest absolute Gasteiger partial charge is 0.409 e. The van der Waals surface area contributed by atoms with Crippen LogP contribution >= 0.6 is 15.9 Å². The van der Waals surface area contributed by atoms with Crippen LogP contribution in [-0.2, 0) is 0 Å². The number of amidine groups is 1. The van der Waals surface area contributed by atoms with Gasteiger partial charge in [-0.05, 0) is 31.5 Å². The number of oxime groups is 1. The van der Waals surface area contributed by atoms with Gasteiger partial charge in [0.25, 0.3) is 0 Å². The van der Waals surface area contributed by atoms with Gasteiger partial charge in [0.2, 0.25) is 0 Å². The third kappa shape index (κ3) is 4.51. The molecule has 1 atom stereocenters. The first-order valence-electron chi connectivity index (χ1n) is 6.34. The van der Waals surface area contributed by atoms with Gasteiger partial charge in [-0.25, -0.2) is 0 Å². The van der Waals surface area contributed by atoms with E-state index in [0.29, 0.717) is 0 Å². The average Bonchev–Trinajstić information content (AvgIpc) is 2.37. The molecule has 0 fully saturated rings. The van der Waals surface area contributed by atoms with Crippen molar-refractivity contribution in [2.45, 2.75) is 33.2 Å². The molecule has 106 valence electrons. The molecule has 0 radical (unpaired) electrons. The van der Waals surface area contributed by atoms with Crippen molar-refractivity contribution in [3.63, 3.8) is 0 Å². The first-order valence-corrected chi connectivity index (χ1v) is 7.13. The minimum atomic E-state index is -0.310. The lowest BCUT2D eigenvalue weighted by atomic mass is 9.88. The highest BCUT2D eigenvalue weighted by molar-refractivity contribution is 9.10. The van der Waals surface area contributed by atoms with Gasteiger partial charge in [0.05, 0.1) is 0 Å². The van der Waals surface area contributed by atoms with Crippen molar-refractivity contribution in [3.8, 4) is 0 Å². The predicted molar refractivity (Wildman–Crippen MR) is 82.4 cm³/mol. The fourth-order valence-corrected chi connectivity index (χ4v) is 2.43. The van der Waals surface area contributed by atoms with Gasteiger partial charge in [-0.2, -0.15) is 0 Å². The average molecular weight is 328 g/mol. The van der Waals surface area contributed by atoms with Crippen LogP contribution in [0, 0.1) is 5.41 Å². The fraction of sp³-hybridized carbons (Fsp3) is 0.500. The second-order valence-corrected chi connectivity index (χ2v) is 6.17. The number of rotatable bonds is 6. The lowest BCUT2D eigenvalue weighted by molar-refractivity contribution is 0.304. The highest BCUT2D eigenvalue weighted by Crippen LogP contribution is 2.24. The fourth-order valence-electron chi connectivity index (χ4n) is 1.80. The first-order chi connectivity index (χ1) is 8.88. The lowest BCUT2D eigenvalue weighted by Gasteiger charge is -2.24. The van der Waals surface area contributed by atoms with Gasteiger partial charge in [-0.1, -0.05) is 53.1 Å². The summed E-state index contributed by atoms with van der Waals surface area (Å²) < 4.78 is 1.10. The maximum atomic E-state index is 8.73. The molecule has 1 rings (SSSR count). The molecule has 0 bridgehead atoms. The Hall–Kier alpha value is -1.07.